The van der Waals surface area contributed by atoms with Gasteiger partial charge in [-0.05, 0) is 31.2 Å². The highest BCUT2D eigenvalue weighted by molar-refractivity contribution is 8.00. The highest BCUT2D eigenvalue weighted by atomic mass is 32.2. The van der Waals surface area contributed by atoms with Crippen LogP contribution in [0.4, 0.5) is 0 Å². The summed E-state index contributed by atoms with van der Waals surface area (Å²) in [6.07, 6.45) is 1.75. The Kier molecular flexibility index (Phi) is 4.02. The van der Waals surface area contributed by atoms with Gasteiger partial charge >= 0.3 is 0 Å². The van der Waals surface area contributed by atoms with Crippen LogP contribution in [0.2, 0.25) is 0 Å². The van der Waals surface area contributed by atoms with Crippen LogP contribution in [-0.2, 0) is 0 Å². The van der Waals surface area contributed by atoms with E-state index in [1.165, 1.54) is 5.56 Å². The van der Waals surface area contributed by atoms with Crippen LogP contribution >= 0.6 is 11.8 Å². The van der Waals surface area contributed by atoms with Gasteiger partial charge in [-0.25, -0.2) is 0 Å². The molecule has 0 aliphatic heterocycles. The van der Waals surface area contributed by atoms with Crippen LogP contribution < -0.4 is 0 Å². The Bertz CT molecular complexity index is 775. The topological polar surface area (TPSA) is 30.0 Å². The molecule has 0 aliphatic rings. The van der Waals surface area contributed by atoms with Crippen molar-refractivity contribution in [3.63, 3.8) is 0 Å². The zero-order valence-electron chi connectivity index (χ0n) is 11.7. The van der Waals surface area contributed by atoms with Gasteiger partial charge in [-0.1, -0.05) is 35.9 Å². The number of aromatic nitrogens is 1. The first-order valence-electron chi connectivity index (χ1n) is 6.80. The Hall–Kier alpha value is -2.13. The fourth-order valence-corrected chi connectivity index (χ4v) is 2.99. The van der Waals surface area contributed by atoms with E-state index < -0.39 is 0 Å². The molecule has 0 saturated carbocycles. The average molecular weight is 293 g/mol. The van der Waals surface area contributed by atoms with Gasteiger partial charge < -0.3 is 0 Å². The number of aryl methyl sites for hydroxylation is 1. The molecular weight excluding hydrogens is 278 g/mol. The Morgan fingerprint density at radius 3 is 2.67 bits per heavy atom. The third-order valence-corrected chi connectivity index (χ3v) is 4.35. The van der Waals surface area contributed by atoms with E-state index in [1.54, 1.807) is 18.0 Å². The van der Waals surface area contributed by atoms with Gasteiger partial charge in [0.25, 0.3) is 0 Å². The Labute approximate surface area is 128 Å². The molecule has 0 fully saturated rings. The van der Waals surface area contributed by atoms with Crippen LogP contribution in [0, 0.1) is 6.92 Å². The lowest BCUT2D eigenvalue weighted by Gasteiger charge is -2.05. The molecule has 0 aliphatic carbocycles. The quantitative estimate of drug-likeness (QED) is 0.523. The highest BCUT2D eigenvalue weighted by Crippen LogP contribution is 2.22. The molecule has 1 heterocycles. The molecule has 0 atom stereocenters. The molecule has 21 heavy (non-hydrogen) atoms. The van der Waals surface area contributed by atoms with Gasteiger partial charge in [-0.15, -0.1) is 11.8 Å². The second-order valence-electron chi connectivity index (χ2n) is 4.90. The van der Waals surface area contributed by atoms with Crippen molar-refractivity contribution in [3.8, 4) is 0 Å². The molecule has 1 aromatic heterocycles. The van der Waals surface area contributed by atoms with Gasteiger partial charge in [0.05, 0.1) is 11.3 Å². The number of rotatable bonds is 4. The van der Waals surface area contributed by atoms with Crippen LogP contribution in [0.25, 0.3) is 10.9 Å². The van der Waals surface area contributed by atoms with Gasteiger partial charge in [0.1, 0.15) is 0 Å². The second-order valence-corrected chi connectivity index (χ2v) is 5.95. The number of hydrogen-bond donors (Lipinski definition) is 0. The number of carbonyl (C=O) groups is 1. The lowest BCUT2D eigenvalue weighted by molar-refractivity contribution is 0.102. The van der Waals surface area contributed by atoms with Crippen molar-refractivity contribution in [1.82, 2.24) is 4.98 Å². The van der Waals surface area contributed by atoms with Crippen molar-refractivity contribution in [2.24, 2.45) is 0 Å². The molecule has 0 spiro atoms. The first-order chi connectivity index (χ1) is 10.2. The maximum absolute atomic E-state index is 12.5. The second kappa shape index (κ2) is 6.10. The Morgan fingerprint density at radius 1 is 1.05 bits per heavy atom. The van der Waals surface area contributed by atoms with E-state index in [0.29, 0.717) is 5.75 Å². The van der Waals surface area contributed by atoms with Gasteiger partial charge in [-0.3, -0.25) is 9.78 Å². The van der Waals surface area contributed by atoms with Crippen LogP contribution in [0.5, 0.6) is 0 Å². The molecule has 0 bridgehead atoms. The number of ketones is 1. The zero-order valence-corrected chi connectivity index (χ0v) is 12.6. The van der Waals surface area contributed by atoms with Crippen LogP contribution in [0.15, 0.2) is 65.7 Å². The third-order valence-electron chi connectivity index (χ3n) is 3.34. The molecule has 0 N–H and O–H groups in total. The molecule has 104 valence electrons. The van der Waals surface area contributed by atoms with E-state index in [4.69, 9.17) is 0 Å². The summed E-state index contributed by atoms with van der Waals surface area (Å²) in [6.45, 7) is 2.06. The predicted molar refractivity (Wildman–Crippen MR) is 88.0 cm³/mol. The Balaban J connectivity index is 1.79. The van der Waals surface area contributed by atoms with Gasteiger partial charge in [-0.2, -0.15) is 0 Å². The maximum Gasteiger partial charge on any atom is 0.173 e. The van der Waals surface area contributed by atoms with Crippen molar-refractivity contribution >= 4 is 28.4 Å². The number of thioether (sulfide) groups is 1. The molecular formula is C18H15NOS. The summed E-state index contributed by atoms with van der Waals surface area (Å²) in [4.78, 5) is 17.9. The van der Waals surface area contributed by atoms with Crippen molar-refractivity contribution in [2.75, 3.05) is 5.75 Å². The molecule has 2 aromatic carbocycles. The minimum absolute atomic E-state index is 0.138. The fourth-order valence-electron chi connectivity index (χ4n) is 2.21. The van der Waals surface area contributed by atoms with Crippen molar-refractivity contribution < 1.29 is 4.79 Å². The molecule has 2 nitrogen and oxygen atoms in total. The van der Waals surface area contributed by atoms with E-state index in [-0.39, 0.29) is 5.78 Å². The number of Topliss-reactive ketones (excluding diaryl/α,β-unsaturated/α-hetero) is 1. The smallest absolute Gasteiger partial charge is 0.173 e. The number of fused-ring (bicyclic) bond motifs is 1. The zero-order chi connectivity index (χ0) is 14.7. The normalized spacial score (nSPS) is 10.7. The lowest BCUT2D eigenvalue weighted by Crippen LogP contribution is -2.03. The Morgan fingerprint density at radius 2 is 1.86 bits per heavy atom. The predicted octanol–water partition coefficient (Wildman–Crippen LogP) is 4.52. The van der Waals surface area contributed by atoms with Gasteiger partial charge in [0.15, 0.2) is 5.78 Å². The summed E-state index contributed by atoms with van der Waals surface area (Å²) in [5, 5.41) is 0.925. The van der Waals surface area contributed by atoms with Crippen LogP contribution in [-0.4, -0.2) is 16.5 Å². The highest BCUT2D eigenvalue weighted by Gasteiger charge is 2.10. The van der Waals surface area contributed by atoms with E-state index >= 15 is 0 Å². The molecule has 3 heteroatoms. The van der Waals surface area contributed by atoms with E-state index in [1.807, 2.05) is 30.3 Å². The number of benzene rings is 2. The van der Waals surface area contributed by atoms with Crippen molar-refractivity contribution in [1.29, 1.82) is 0 Å². The van der Waals surface area contributed by atoms with E-state index in [0.717, 1.165) is 21.4 Å². The number of carbonyl (C=O) groups excluding carboxylic acids is 1. The first kappa shape index (κ1) is 13.8. The monoisotopic (exact) mass is 293 g/mol. The van der Waals surface area contributed by atoms with E-state index in [2.05, 4.69) is 36.2 Å². The summed E-state index contributed by atoms with van der Waals surface area (Å²) >= 11 is 1.57. The minimum atomic E-state index is 0.138. The van der Waals surface area contributed by atoms with Gasteiger partial charge in [0, 0.05) is 22.0 Å². The summed E-state index contributed by atoms with van der Waals surface area (Å²) in [5.41, 5.74) is 2.84. The molecule has 3 rings (SSSR count). The van der Waals surface area contributed by atoms with E-state index in [9.17, 15) is 4.79 Å². The van der Waals surface area contributed by atoms with Crippen molar-refractivity contribution in [2.45, 2.75) is 11.8 Å². The number of nitrogens with zero attached hydrogens (tertiary/aromatic N) is 1. The molecule has 0 radical (unpaired) electrons. The SMILES string of the molecule is Cc1ccc(SCC(=O)c2cccc3ncccc23)cc1. The van der Waals surface area contributed by atoms with Crippen LogP contribution in [0.3, 0.4) is 0 Å². The summed E-state index contributed by atoms with van der Waals surface area (Å²) in [6, 6.07) is 17.7. The molecule has 0 amide bonds. The van der Waals surface area contributed by atoms with Crippen LogP contribution in [0.1, 0.15) is 15.9 Å². The first-order valence-corrected chi connectivity index (χ1v) is 7.79. The maximum atomic E-state index is 12.5. The van der Waals surface area contributed by atoms with Crippen molar-refractivity contribution in [3.05, 3.63) is 71.9 Å². The minimum Gasteiger partial charge on any atom is -0.293 e. The largest absolute Gasteiger partial charge is 0.293 e. The molecule has 3 aromatic rings. The summed E-state index contributed by atoms with van der Waals surface area (Å²) in [5.74, 6) is 0.580. The number of hydrogen-bond acceptors (Lipinski definition) is 3. The summed E-state index contributed by atoms with van der Waals surface area (Å²) in [7, 11) is 0. The fraction of sp³-hybridized carbons (Fsp3) is 0.111. The number of pyridine rings is 1. The lowest BCUT2D eigenvalue weighted by atomic mass is 10.1. The standard InChI is InChI=1S/C18H15NOS/c1-13-7-9-14(10-8-13)21-12-18(20)16-4-2-6-17-15(16)5-3-11-19-17/h2-11H,12H2,1H3. The summed E-state index contributed by atoms with van der Waals surface area (Å²) < 4.78 is 0. The van der Waals surface area contributed by atoms with Gasteiger partial charge in [0.2, 0.25) is 0 Å². The average Bonchev–Trinajstić information content (AvgIpc) is 2.53. The molecule has 0 unspecified atom stereocenters. The third kappa shape index (κ3) is 3.14. The molecule has 0 saturated heterocycles.